The normalized spacial score (nSPS) is 11.3. The Morgan fingerprint density at radius 3 is 1.15 bits per heavy atom. The van der Waals surface area contributed by atoms with Crippen LogP contribution in [0.2, 0.25) is 0 Å². The first-order chi connectivity index (χ1) is 30.2. The molecule has 2 aromatic heterocycles. The van der Waals surface area contributed by atoms with E-state index in [1.54, 1.807) is 0 Å². The maximum absolute atomic E-state index is 5.13. The first-order valence-electron chi connectivity index (χ1n) is 20.5. The number of fused-ring (bicyclic) bond motifs is 3. The SMILES string of the molecule is c1ccc(-c2ccc(-c3nc(-c4ccc(-c5ccc(-c6ccc(-c7cccc8sc9ccccc9c78)cc6)cc5)cc4)nc(-c4ccccc4-c4ccccc4)n3)cc2)cc1. The smallest absolute Gasteiger partial charge is 0.164 e. The summed E-state index contributed by atoms with van der Waals surface area (Å²) in [5.74, 6) is 1.90. The number of hydrogen-bond acceptors (Lipinski definition) is 4. The van der Waals surface area contributed by atoms with E-state index in [9.17, 15) is 0 Å². The van der Waals surface area contributed by atoms with Gasteiger partial charge in [-0.25, -0.2) is 15.0 Å². The van der Waals surface area contributed by atoms with E-state index in [4.69, 9.17) is 15.0 Å². The second-order valence-electron chi connectivity index (χ2n) is 15.2. The third-order valence-electron chi connectivity index (χ3n) is 11.4. The van der Waals surface area contributed by atoms with Crippen molar-refractivity contribution in [3.8, 4) is 89.8 Å². The molecule has 11 rings (SSSR count). The van der Waals surface area contributed by atoms with Crippen LogP contribution in [0.3, 0.4) is 0 Å². The molecule has 0 spiro atoms. The Labute approximate surface area is 359 Å². The van der Waals surface area contributed by atoms with Crippen LogP contribution in [0.15, 0.2) is 224 Å². The topological polar surface area (TPSA) is 38.7 Å². The summed E-state index contributed by atoms with van der Waals surface area (Å²) in [5.41, 5.74) is 14.5. The molecule has 0 fully saturated rings. The van der Waals surface area contributed by atoms with Gasteiger partial charge in [-0.2, -0.15) is 0 Å². The predicted molar refractivity (Wildman–Crippen MR) is 256 cm³/mol. The molecule has 0 saturated heterocycles. The Morgan fingerprint density at radius 1 is 0.230 bits per heavy atom. The average molecular weight is 796 g/mol. The summed E-state index contributed by atoms with van der Waals surface area (Å²) >= 11 is 1.86. The summed E-state index contributed by atoms with van der Waals surface area (Å²) in [6.45, 7) is 0. The highest BCUT2D eigenvalue weighted by molar-refractivity contribution is 7.25. The van der Waals surface area contributed by atoms with Crippen LogP contribution < -0.4 is 0 Å². The quantitative estimate of drug-likeness (QED) is 0.154. The number of aromatic nitrogens is 3. The average Bonchev–Trinajstić information content (AvgIpc) is 3.74. The summed E-state index contributed by atoms with van der Waals surface area (Å²) in [4.78, 5) is 15.3. The van der Waals surface area contributed by atoms with Gasteiger partial charge in [-0.05, 0) is 67.8 Å². The first kappa shape index (κ1) is 36.3. The molecule has 0 amide bonds. The molecule has 0 unspecified atom stereocenters. The van der Waals surface area contributed by atoms with Gasteiger partial charge in [-0.1, -0.05) is 212 Å². The highest BCUT2D eigenvalue weighted by Crippen LogP contribution is 2.40. The summed E-state index contributed by atoms with van der Waals surface area (Å²) < 4.78 is 2.65. The van der Waals surface area contributed by atoms with Crippen LogP contribution in [0.5, 0.6) is 0 Å². The molecule has 0 aliphatic rings. The molecule has 0 aliphatic heterocycles. The van der Waals surface area contributed by atoms with Crippen molar-refractivity contribution in [3.63, 3.8) is 0 Å². The van der Waals surface area contributed by atoms with Gasteiger partial charge < -0.3 is 0 Å². The van der Waals surface area contributed by atoms with E-state index in [0.717, 1.165) is 44.5 Å². The van der Waals surface area contributed by atoms with Gasteiger partial charge in [0.15, 0.2) is 17.5 Å². The maximum atomic E-state index is 5.13. The van der Waals surface area contributed by atoms with Crippen LogP contribution in [0.25, 0.3) is 110 Å². The van der Waals surface area contributed by atoms with E-state index in [2.05, 4.69) is 206 Å². The van der Waals surface area contributed by atoms with E-state index >= 15 is 0 Å². The Bertz CT molecular complexity index is 3300. The third kappa shape index (κ3) is 7.09. The number of benzene rings is 9. The Kier molecular flexibility index (Phi) is 9.38. The molecule has 11 aromatic rings. The van der Waals surface area contributed by atoms with E-state index in [-0.39, 0.29) is 0 Å². The van der Waals surface area contributed by atoms with Crippen LogP contribution in [-0.4, -0.2) is 15.0 Å². The van der Waals surface area contributed by atoms with Gasteiger partial charge in [-0.15, -0.1) is 11.3 Å². The van der Waals surface area contributed by atoms with E-state index in [1.165, 1.54) is 48.0 Å². The minimum absolute atomic E-state index is 0.628. The monoisotopic (exact) mass is 795 g/mol. The van der Waals surface area contributed by atoms with E-state index < -0.39 is 0 Å². The second kappa shape index (κ2) is 15.8. The van der Waals surface area contributed by atoms with Crippen LogP contribution >= 0.6 is 11.3 Å². The lowest BCUT2D eigenvalue weighted by atomic mass is 9.96. The molecule has 3 nitrogen and oxygen atoms in total. The second-order valence-corrected chi connectivity index (χ2v) is 16.3. The molecule has 0 atom stereocenters. The van der Waals surface area contributed by atoms with Gasteiger partial charge in [0.05, 0.1) is 0 Å². The molecule has 0 N–H and O–H groups in total. The molecule has 0 bridgehead atoms. The highest BCUT2D eigenvalue weighted by Gasteiger charge is 2.16. The first-order valence-corrected chi connectivity index (χ1v) is 21.3. The zero-order valence-electron chi connectivity index (χ0n) is 33.1. The molecule has 61 heavy (non-hydrogen) atoms. The van der Waals surface area contributed by atoms with Crippen molar-refractivity contribution in [3.05, 3.63) is 224 Å². The lowest BCUT2D eigenvalue weighted by molar-refractivity contribution is 1.07. The molecule has 286 valence electrons. The lowest BCUT2D eigenvalue weighted by Crippen LogP contribution is -2.01. The fraction of sp³-hybridized carbons (Fsp3) is 0. The fourth-order valence-corrected chi connectivity index (χ4v) is 9.40. The van der Waals surface area contributed by atoms with Gasteiger partial charge in [0.25, 0.3) is 0 Å². The van der Waals surface area contributed by atoms with Crippen molar-refractivity contribution in [2.45, 2.75) is 0 Å². The van der Waals surface area contributed by atoms with Crippen LogP contribution in [0, 0.1) is 0 Å². The van der Waals surface area contributed by atoms with Gasteiger partial charge in [-0.3, -0.25) is 0 Å². The molecule has 2 heterocycles. The van der Waals surface area contributed by atoms with Crippen molar-refractivity contribution < 1.29 is 0 Å². The van der Waals surface area contributed by atoms with Crippen molar-refractivity contribution in [1.29, 1.82) is 0 Å². The summed E-state index contributed by atoms with van der Waals surface area (Å²) in [6, 6.07) is 79.3. The fourth-order valence-electron chi connectivity index (χ4n) is 8.27. The van der Waals surface area contributed by atoms with E-state index in [0.29, 0.717) is 17.5 Å². The van der Waals surface area contributed by atoms with Gasteiger partial charge in [0.2, 0.25) is 0 Å². The molecular weight excluding hydrogens is 759 g/mol. The third-order valence-corrected chi connectivity index (χ3v) is 12.6. The number of hydrogen-bond donors (Lipinski definition) is 0. The van der Waals surface area contributed by atoms with Crippen molar-refractivity contribution in [2.24, 2.45) is 0 Å². The lowest BCUT2D eigenvalue weighted by Gasteiger charge is -2.12. The van der Waals surface area contributed by atoms with Crippen LogP contribution in [0.1, 0.15) is 0 Å². The molecule has 9 aromatic carbocycles. The maximum Gasteiger partial charge on any atom is 0.164 e. The Hall–Kier alpha value is -7.79. The summed E-state index contributed by atoms with van der Waals surface area (Å²) in [7, 11) is 0. The number of nitrogens with zero attached hydrogens (tertiary/aromatic N) is 3. The Morgan fingerprint density at radius 2 is 0.590 bits per heavy atom. The van der Waals surface area contributed by atoms with Gasteiger partial charge in [0, 0.05) is 36.9 Å². The molecule has 4 heteroatoms. The zero-order chi connectivity index (χ0) is 40.5. The van der Waals surface area contributed by atoms with Crippen molar-refractivity contribution in [1.82, 2.24) is 15.0 Å². The highest BCUT2D eigenvalue weighted by atomic mass is 32.1. The number of rotatable bonds is 8. The molecule has 0 radical (unpaired) electrons. The van der Waals surface area contributed by atoms with Crippen molar-refractivity contribution >= 4 is 31.5 Å². The van der Waals surface area contributed by atoms with Gasteiger partial charge in [0.1, 0.15) is 0 Å². The molecular formula is C57H37N3S. The zero-order valence-corrected chi connectivity index (χ0v) is 33.9. The predicted octanol–water partition coefficient (Wildman–Crippen LogP) is 15.6. The molecule has 0 aliphatic carbocycles. The van der Waals surface area contributed by atoms with Crippen LogP contribution in [0.4, 0.5) is 0 Å². The standard InChI is InChI=1S/C57H37N3S/c1-3-12-38(13-4-1)39-28-34-46(35-29-39)55-58-56(60-57(59-55)50-17-8-7-16-48(50)44-14-5-2-6-15-44)47-36-30-43(31-37-47)41-24-22-40(23-25-41)42-26-32-45(33-27-42)49-19-11-21-53-54(49)51-18-9-10-20-52(51)61-53/h1-37H. The Balaban J connectivity index is 0.895. The number of thiophene rings is 1. The minimum atomic E-state index is 0.628. The van der Waals surface area contributed by atoms with Crippen molar-refractivity contribution in [2.75, 3.05) is 0 Å². The van der Waals surface area contributed by atoms with E-state index in [1.807, 2.05) is 29.5 Å². The van der Waals surface area contributed by atoms with Crippen LogP contribution in [-0.2, 0) is 0 Å². The summed E-state index contributed by atoms with van der Waals surface area (Å²) in [6.07, 6.45) is 0. The largest absolute Gasteiger partial charge is 0.208 e. The molecule has 0 saturated carbocycles. The minimum Gasteiger partial charge on any atom is -0.208 e. The summed E-state index contributed by atoms with van der Waals surface area (Å²) in [5, 5.41) is 2.66. The van der Waals surface area contributed by atoms with Gasteiger partial charge >= 0.3 is 0 Å².